The summed E-state index contributed by atoms with van der Waals surface area (Å²) < 4.78 is 0. The minimum absolute atomic E-state index is 0.225. The molecular weight excluding hydrogens is 264 g/mol. The number of amides is 1. The summed E-state index contributed by atoms with van der Waals surface area (Å²) in [6, 6.07) is 15.4. The van der Waals surface area contributed by atoms with Crippen LogP contribution in [0.5, 0.6) is 0 Å². The van der Waals surface area contributed by atoms with E-state index in [1.807, 2.05) is 48.5 Å². The Morgan fingerprint density at radius 3 is 2.52 bits per heavy atom. The Hall–Kier alpha value is -3.08. The van der Waals surface area contributed by atoms with Crippen molar-refractivity contribution in [2.45, 2.75) is 0 Å². The van der Waals surface area contributed by atoms with Gasteiger partial charge in [0.15, 0.2) is 5.69 Å². The van der Waals surface area contributed by atoms with Gasteiger partial charge in [-0.25, -0.2) is 0 Å². The van der Waals surface area contributed by atoms with Crippen molar-refractivity contribution in [1.29, 1.82) is 0 Å². The molecule has 0 radical (unpaired) electrons. The number of hydrogen-bond donors (Lipinski definition) is 3. The molecule has 4 rings (SSSR count). The zero-order valence-corrected chi connectivity index (χ0v) is 11.1. The van der Waals surface area contributed by atoms with Crippen LogP contribution in [0.15, 0.2) is 54.7 Å². The maximum Gasteiger partial charge on any atom is 0.276 e. The first-order valence-corrected chi connectivity index (χ1v) is 6.63. The molecule has 5 heteroatoms. The maximum absolute atomic E-state index is 12.4. The number of aromatic nitrogens is 3. The van der Waals surface area contributed by atoms with E-state index >= 15 is 0 Å². The molecular formula is C16H12N4O. The van der Waals surface area contributed by atoms with Crippen LogP contribution in [-0.2, 0) is 0 Å². The summed E-state index contributed by atoms with van der Waals surface area (Å²) in [7, 11) is 0. The van der Waals surface area contributed by atoms with Gasteiger partial charge in [0, 0.05) is 22.5 Å². The highest BCUT2D eigenvalue weighted by atomic mass is 16.1. The third-order valence-electron chi connectivity index (χ3n) is 3.52. The number of para-hydroxylation sites is 2. The van der Waals surface area contributed by atoms with Crippen molar-refractivity contribution in [2.24, 2.45) is 0 Å². The van der Waals surface area contributed by atoms with Crippen LogP contribution in [0.4, 0.5) is 5.69 Å². The van der Waals surface area contributed by atoms with Gasteiger partial charge in [0.05, 0.1) is 11.2 Å². The lowest BCUT2D eigenvalue weighted by molar-refractivity contribution is 0.102. The molecule has 0 aliphatic heterocycles. The SMILES string of the molecule is O=C(Nc1c[nH]c2ccccc12)c1n[nH]c2ccccc12. The Bertz CT molecular complexity index is 951. The zero-order chi connectivity index (χ0) is 14.2. The van der Waals surface area contributed by atoms with E-state index in [0.717, 1.165) is 27.5 Å². The topological polar surface area (TPSA) is 73.6 Å². The minimum Gasteiger partial charge on any atom is -0.359 e. The van der Waals surface area contributed by atoms with Gasteiger partial charge in [-0.2, -0.15) is 5.10 Å². The Balaban J connectivity index is 1.72. The normalized spacial score (nSPS) is 11.0. The van der Waals surface area contributed by atoms with Gasteiger partial charge in [0.2, 0.25) is 0 Å². The quantitative estimate of drug-likeness (QED) is 0.525. The molecule has 0 spiro atoms. The van der Waals surface area contributed by atoms with Gasteiger partial charge < -0.3 is 10.3 Å². The highest BCUT2D eigenvalue weighted by Crippen LogP contribution is 2.24. The first-order valence-electron chi connectivity index (χ1n) is 6.63. The molecule has 4 aromatic rings. The molecule has 3 N–H and O–H groups in total. The first kappa shape index (κ1) is 11.7. The highest BCUT2D eigenvalue weighted by Gasteiger charge is 2.15. The van der Waals surface area contributed by atoms with Crippen molar-refractivity contribution >= 4 is 33.4 Å². The lowest BCUT2D eigenvalue weighted by Crippen LogP contribution is -2.12. The summed E-state index contributed by atoms with van der Waals surface area (Å²) in [6.45, 7) is 0. The molecule has 21 heavy (non-hydrogen) atoms. The van der Waals surface area contributed by atoms with E-state index in [-0.39, 0.29) is 5.91 Å². The summed E-state index contributed by atoms with van der Waals surface area (Å²) >= 11 is 0. The van der Waals surface area contributed by atoms with E-state index in [0.29, 0.717) is 5.69 Å². The summed E-state index contributed by atoms with van der Waals surface area (Å²) in [5.74, 6) is -0.225. The van der Waals surface area contributed by atoms with Gasteiger partial charge in [-0.1, -0.05) is 36.4 Å². The van der Waals surface area contributed by atoms with Crippen LogP contribution >= 0.6 is 0 Å². The van der Waals surface area contributed by atoms with E-state index in [4.69, 9.17) is 0 Å². The van der Waals surface area contributed by atoms with E-state index in [1.165, 1.54) is 0 Å². The fourth-order valence-electron chi connectivity index (χ4n) is 2.49. The van der Waals surface area contributed by atoms with Gasteiger partial charge in [0.25, 0.3) is 5.91 Å². The smallest absolute Gasteiger partial charge is 0.276 e. The molecule has 0 fully saturated rings. The number of benzene rings is 2. The van der Waals surface area contributed by atoms with Crippen molar-refractivity contribution in [1.82, 2.24) is 15.2 Å². The van der Waals surface area contributed by atoms with Crippen LogP contribution in [0.3, 0.4) is 0 Å². The lowest BCUT2D eigenvalue weighted by Gasteiger charge is -2.01. The molecule has 2 aromatic carbocycles. The van der Waals surface area contributed by atoms with Crippen LogP contribution in [0.1, 0.15) is 10.5 Å². The van der Waals surface area contributed by atoms with E-state index < -0.39 is 0 Å². The summed E-state index contributed by atoms with van der Waals surface area (Å²) in [6.07, 6.45) is 1.79. The Labute approximate surface area is 120 Å². The Morgan fingerprint density at radius 1 is 0.952 bits per heavy atom. The molecule has 0 atom stereocenters. The third-order valence-corrected chi connectivity index (χ3v) is 3.52. The number of fused-ring (bicyclic) bond motifs is 2. The van der Waals surface area contributed by atoms with E-state index in [9.17, 15) is 4.79 Å². The van der Waals surface area contributed by atoms with Crippen LogP contribution in [0.25, 0.3) is 21.8 Å². The van der Waals surface area contributed by atoms with Crippen molar-refractivity contribution in [3.05, 3.63) is 60.4 Å². The second-order valence-electron chi connectivity index (χ2n) is 4.82. The highest BCUT2D eigenvalue weighted by molar-refractivity contribution is 6.13. The second kappa shape index (κ2) is 4.49. The molecule has 0 saturated heterocycles. The molecule has 1 amide bonds. The number of nitrogens with zero attached hydrogens (tertiary/aromatic N) is 1. The maximum atomic E-state index is 12.4. The van der Waals surface area contributed by atoms with Crippen LogP contribution in [-0.4, -0.2) is 21.1 Å². The molecule has 2 heterocycles. The van der Waals surface area contributed by atoms with Gasteiger partial charge in [-0.3, -0.25) is 9.89 Å². The monoisotopic (exact) mass is 276 g/mol. The van der Waals surface area contributed by atoms with Gasteiger partial charge in [-0.05, 0) is 12.1 Å². The van der Waals surface area contributed by atoms with Crippen molar-refractivity contribution < 1.29 is 4.79 Å². The number of H-pyrrole nitrogens is 2. The first-order chi connectivity index (χ1) is 10.3. The van der Waals surface area contributed by atoms with Gasteiger partial charge >= 0.3 is 0 Å². The zero-order valence-electron chi connectivity index (χ0n) is 11.1. The number of carbonyl (C=O) groups excluding carboxylic acids is 1. The molecule has 0 bridgehead atoms. The van der Waals surface area contributed by atoms with Gasteiger partial charge in [0.1, 0.15) is 0 Å². The molecule has 0 aliphatic carbocycles. The Morgan fingerprint density at radius 2 is 1.67 bits per heavy atom. The van der Waals surface area contributed by atoms with E-state index in [2.05, 4.69) is 20.5 Å². The predicted molar refractivity (Wildman–Crippen MR) is 82.3 cm³/mol. The van der Waals surface area contributed by atoms with Crippen LogP contribution in [0, 0.1) is 0 Å². The second-order valence-corrected chi connectivity index (χ2v) is 4.82. The number of rotatable bonds is 2. The average Bonchev–Trinajstić information content (AvgIpc) is 3.12. The van der Waals surface area contributed by atoms with E-state index in [1.54, 1.807) is 6.20 Å². The fraction of sp³-hybridized carbons (Fsp3) is 0. The Kier molecular flexibility index (Phi) is 2.50. The van der Waals surface area contributed by atoms with Gasteiger partial charge in [-0.15, -0.1) is 0 Å². The minimum atomic E-state index is -0.225. The molecule has 0 saturated carbocycles. The standard InChI is InChI=1S/C16H12N4O/c21-16(15-11-6-2-4-8-13(11)19-20-15)18-14-9-17-12-7-3-1-5-10(12)14/h1-9,17H,(H,18,21)(H,19,20). The number of aromatic amines is 2. The summed E-state index contributed by atoms with van der Waals surface area (Å²) in [5.41, 5.74) is 2.99. The van der Waals surface area contributed by atoms with Crippen molar-refractivity contribution in [2.75, 3.05) is 5.32 Å². The lowest BCUT2D eigenvalue weighted by atomic mass is 10.2. The number of hydrogen-bond acceptors (Lipinski definition) is 2. The van der Waals surface area contributed by atoms with Crippen molar-refractivity contribution in [3.63, 3.8) is 0 Å². The fourth-order valence-corrected chi connectivity index (χ4v) is 2.49. The molecule has 0 aliphatic rings. The summed E-state index contributed by atoms with van der Waals surface area (Å²) in [5, 5.41) is 11.7. The molecule has 0 unspecified atom stereocenters. The number of nitrogens with one attached hydrogen (secondary N) is 3. The molecule has 102 valence electrons. The van der Waals surface area contributed by atoms with Crippen LogP contribution < -0.4 is 5.32 Å². The van der Waals surface area contributed by atoms with Crippen molar-refractivity contribution in [3.8, 4) is 0 Å². The predicted octanol–water partition coefficient (Wildman–Crippen LogP) is 3.30. The summed E-state index contributed by atoms with van der Waals surface area (Å²) in [4.78, 5) is 15.6. The third kappa shape index (κ3) is 1.87. The largest absolute Gasteiger partial charge is 0.359 e. The average molecular weight is 276 g/mol. The number of anilines is 1. The number of carbonyl (C=O) groups is 1. The molecule has 5 nitrogen and oxygen atoms in total. The van der Waals surface area contributed by atoms with Crippen LogP contribution in [0.2, 0.25) is 0 Å². The molecule has 2 aromatic heterocycles.